The molecule has 1 aromatic rings. The third-order valence-electron chi connectivity index (χ3n) is 5.03. The highest BCUT2D eigenvalue weighted by atomic mass is 16.5. The van der Waals surface area contributed by atoms with Crippen LogP contribution in [0.5, 0.6) is 5.75 Å². The number of hydrogen-bond donors (Lipinski definition) is 1. The number of aryl methyl sites for hydroxylation is 2. The number of nitrogens with zero attached hydrogens (tertiary/aromatic N) is 1. The Kier molecular flexibility index (Phi) is 11.8. The number of hydrogen-bond acceptors (Lipinski definition) is 3. The summed E-state index contributed by atoms with van der Waals surface area (Å²) in [6.07, 6.45) is 9.89. The van der Waals surface area contributed by atoms with Crippen LogP contribution in [-0.2, 0) is 4.79 Å². The second-order valence-corrected chi connectivity index (χ2v) is 7.58. The van der Waals surface area contributed by atoms with Crippen LogP contribution in [0.15, 0.2) is 12.1 Å². The molecule has 0 radical (unpaired) electrons. The quantitative estimate of drug-likeness (QED) is 0.423. The van der Waals surface area contributed by atoms with Gasteiger partial charge in [-0.05, 0) is 63.0 Å². The van der Waals surface area contributed by atoms with Crippen molar-refractivity contribution in [2.75, 3.05) is 32.1 Å². The Morgan fingerprint density at radius 2 is 1.44 bits per heavy atom. The fourth-order valence-electron chi connectivity index (χ4n) is 3.42. The molecule has 0 saturated heterocycles. The molecule has 0 unspecified atom stereocenters. The van der Waals surface area contributed by atoms with Crippen LogP contribution in [0.3, 0.4) is 0 Å². The van der Waals surface area contributed by atoms with Crippen molar-refractivity contribution in [2.45, 2.75) is 79.1 Å². The molecule has 0 aromatic heterocycles. The topological polar surface area (TPSA) is 41.6 Å². The number of carbonyl (C=O) groups excluding carboxylic acids is 1. The Morgan fingerprint density at radius 1 is 0.926 bits per heavy atom. The highest BCUT2D eigenvalue weighted by Gasteiger charge is 2.13. The average molecular weight is 377 g/mol. The van der Waals surface area contributed by atoms with Gasteiger partial charge in [0.1, 0.15) is 5.75 Å². The molecule has 154 valence electrons. The predicted octanol–water partition coefficient (Wildman–Crippen LogP) is 5.71. The third-order valence-corrected chi connectivity index (χ3v) is 5.03. The molecule has 1 amide bonds. The van der Waals surface area contributed by atoms with Crippen LogP contribution in [0.1, 0.15) is 76.3 Å². The number of rotatable bonds is 14. The summed E-state index contributed by atoms with van der Waals surface area (Å²) in [5.74, 6) is 0.911. The van der Waals surface area contributed by atoms with Crippen LogP contribution in [-0.4, -0.2) is 37.6 Å². The van der Waals surface area contributed by atoms with Gasteiger partial charge in [-0.2, -0.15) is 0 Å². The SMILES string of the molecule is CCCCCCN(CCCCCC)CC(=O)Nc1c(C)cc(OC)cc1C. The molecule has 0 bridgehead atoms. The minimum atomic E-state index is 0.0809. The summed E-state index contributed by atoms with van der Waals surface area (Å²) in [4.78, 5) is 15.0. The molecular formula is C23H40N2O2. The Bertz CT molecular complexity index is 522. The summed E-state index contributed by atoms with van der Waals surface area (Å²) < 4.78 is 5.31. The average Bonchev–Trinajstić information content (AvgIpc) is 2.64. The Hall–Kier alpha value is -1.55. The first-order valence-corrected chi connectivity index (χ1v) is 10.7. The monoisotopic (exact) mass is 376 g/mol. The molecule has 4 nitrogen and oxygen atoms in total. The number of ether oxygens (including phenoxy) is 1. The largest absolute Gasteiger partial charge is 0.497 e. The molecule has 1 rings (SSSR count). The maximum Gasteiger partial charge on any atom is 0.238 e. The Labute approximate surface area is 166 Å². The van der Waals surface area contributed by atoms with E-state index in [4.69, 9.17) is 4.74 Å². The van der Waals surface area contributed by atoms with Crippen LogP contribution in [0.4, 0.5) is 5.69 Å². The summed E-state index contributed by atoms with van der Waals surface area (Å²) in [6, 6.07) is 3.94. The molecule has 0 fully saturated rings. The van der Waals surface area contributed by atoms with E-state index in [-0.39, 0.29) is 5.91 Å². The lowest BCUT2D eigenvalue weighted by Gasteiger charge is -2.22. The number of carbonyl (C=O) groups is 1. The zero-order valence-corrected chi connectivity index (χ0v) is 18.2. The zero-order valence-electron chi connectivity index (χ0n) is 18.2. The van der Waals surface area contributed by atoms with Gasteiger partial charge in [0, 0.05) is 5.69 Å². The van der Waals surface area contributed by atoms with Gasteiger partial charge in [-0.25, -0.2) is 0 Å². The van der Waals surface area contributed by atoms with E-state index in [1.165, 1.54) is 51.4 Å². The lowest BCUT2D eigenvalue weighted by Crippen LogP contribution is -2.35. The second kappa shape index (κ2) is 13.6. The highest BCUT2D eigenvalue weighted by Crippen LogP contribution is 2.26. The smallest absolute Gasteiger partial charge is 0.238 e. The van der Waals surface area contributed by atoms with Crippen molar-refractivity contribution in [2.24, 2.45) is 0 Å². The summed E-state index contributed by atoms with van der Waals surface area (Å²) in [5.41, 5.74) is 2.99. The maximum absolute atomic E-state index is 12.7. The van der Waals surface area contributed by atoms with Crippen molar-refractivity contribution in [1.29, 1.82) is 0 Å². The maximum atomic E-state index is 12.7. The minimum absolute atomic E-state index is 0.0809. The summed E-state index contributed by atoms with van der Waals surface area (Å²) in [6.45, 7) is 11.0. The number of methoxy groups -OCH3 is 1. The van der Waals surface area contributed by atoms with E-state index < -0.39 is 0 Å². The van der Waals surface area contributed by atoms with E-state index in [1.54, 1.807) is 7.11 Å². The van der Waals surface area contributed by atoms with Crippen LogP contribution < -0.4 is 10.1 Å². The van der Waals surface area contributed by atoms with E-state index in [1.807, 2.05) is 26.0 Å². The molecule has 1 N–H and O–H groups in total. The number of anilines is 1. The van der Waals surface area contributed by atoms with Crippen LogP contribution in [0.2, 0.25) is 0 Å². The van der Waals surface area contributed by atoms with Crippen molar-refractivity contribution in [3.63, 3.8) is 0 Å². The molecule has 0 aliphatic heterocycles. The van der Waals surface area contributed by atoms with Gasteiger partial charge in [0.15, 0.2) is 0 Å². The van der Waals surface area contributed by atoms with E-state index in [0.717, 1.165) is 35.7 Å². The number of unbranched alkanes of at least 4 members (excludes halogenated alkanes) is 6. The molecule has 0 heterocycles. The Morgan fingerprint density at radius 3 is 1.89 bits per heavy atom. The van der Waals surface area contributed by atoms with Crippen molar-refractivity contribution in [3.05, 3.63) is 23.3 Å². The molecule has 4 heteroatoms. The van der Waals surface area contributed by atoms with Crippen LogP contribution in [0.25, 0.3) is 0 Å². The van der Waals surface area contributed by atoms with Gasteiger partial charge < -0.3 is 10.1 Å². The first-order chi connectivity index (χ1) is 13.0. The van der Waals surface area contributed by atoms with Crippen LogP contribution in [0, 0.1) is 13.8 Å². The first kappa shape index (κ1) is 23.5. The molecule has 0 spiro atoms. The molecule has 1 aromatic carbocycles. The standard InChI is InChI=1S/C23H40N2O2/c1-6-8-10-12-14-25(15-13-11-9-7-2)18-22(26)24-23-19(3)16-21(27-5)17-20(23)4/h16-17H,6-15,18H2,1-5H3,(H,24,26). The summed E-state index contributed by atoms with van der Waals surface area (Å²) in [5, 5.41) is 3.13. The molecule has 0 aliphatic rings. The predicted molar refractivity (Wildman–Crippen MR) is 116 cm³/mol. The molecule has 27 heavy (non-hydrogen) atoms. The number of nitrogens with one attached hydrogen (secondary N) is 1. The van der Waals surface area contributed by atoms with Crippen molar-refractivity contribution in [3.8, 4) is 5.75 Å². The van der Waals surface area contributed by atoms with E-state index >= 15 is 0 Å². The van der Waals surface area contributed by atoms with Gasteiger partial charge >= 0.3 is 0 Å². The van der Waals surface area contributed by atoms with Gasteiger partial charge in [-0.1, -0.05) is 52.4 Å². The number of benzene rings is 1. The second-order valence-electron chi connectivity index (χ2n) is 7.58. The lowest BCUT2D eigenvalue weighted by atomic mass is 10.1. The van der Waals surface area contributed by atoms with Gasteiger partial charge in [0.2, 0.25) is 5.91 Å². The molecule has 0 atom stereocenters. The molecule has 0 aliphatic carbocycles. The van der Waals surface area contributed by atoms with E-state index in [9.17, 15) is 4.79 Å². The van der Waals surface area contributed by atoms with Crippen molar-refractivity contribution in [1.82, 2.24) is 4.90 Å². The first-order valence-electron chi connectivity index (χ1n) is 10.7. The highest BCUT2D eigenvalue weighted by molar-refractivity contribution is 5.93. The normalized spacial score (nSPS) is 11.0. The number of amides is 1. The van der Waals surface area contributed by atoms with E-state index in [0.29, 0.717) is 6.54 Å². The molecular weight excluding hydrogens is 336 g/mol. The fraction of sp³-hybridized carbons (Fsp3) is 0.696. The Balaban J connectivity index is 2.62. The fourth-order valence-corrected chi connectivity index (χ4v) is 3.42. The van der Waals surface area contributed by atoms with Crippen LogP contribution >= 0.6 is 0 Å². The zero-order chi connectivity index (χ0) is 20.1. The van der Waals surface area contributed by atoms with Gasteiger partial charge in [-0.3, -0.25) is 9.69 Å². The van der Waals surface area contributed by atoms with Gasteiger partial charge in [0.05, 0.1) is 13.7 Å². The van der Waals surface area contributed by atoms with Crippen molar-refractivity contribution >= 4 is 11.6 Å². The summed E-state index contributed by atoms with van der Waals surface area (Å²) in [7, 11) is 1.67. The molecule has 0 saturated carbocycles. The minimum Gasteiger partial charge on any atom is -0.497 e. The third kappa shape index (κ3) is 9.28. The van der Waals surface area contributed by atoms with Gasteiger partial charge in [-0.15, -0.1) is 0 Å². The summed E-state index contributed by atoms with van der Waals surface area (Å²) >= 11 is 0. The van der Waals surface area contributed by atoms with E-state index in [2.05, 4.69) is 24.1 Å². The van der Waals surface area contributed by atoms with Gasteiger partial charge in [0.25, 0.3) is 0 Å². The van der Waals surface area contributed by atoms with Crippen molar-refractivity contribution < 1.29 is 9.53 Å². The lowest BCUT2D eigenvalue weighted by molar-refractivity contribution is -0.117.